The second kappa shape index (κ2) is 9.27. The van der Waals surface area contributed by atoms with E-state index in [4.69, 9.17) is 9.47 Å². The Balaban J connectivity index is 1.52. The first-order valence-electron chi connectivity index (χ1n) is 10.6. The van der Waals surface area contributed by atoms with Gasteiger partial charge in [-0.1, -0.05) is 24.3 Å². The SMILES string of the molecule is COc1ccc(C(NC(=O)CN2CCn3cccc3C2C)c2ccc(OC)cc2)cc1. The number of benzene rings is 2. The highest BCUT2D eigenvalue weighted by molar-refractivity contribution is 5.79. The highest BCUT2D eigenvalue weighted by Gasteiger charge is 2.26. The van der Waals surface area contributed by atoms with Gasteiger partial charge in [-0.15, -0.1) is 0 Å². The van der Waals surface area contributed by atoms with Gasteiger partial charge in [0.05, 0.1) is 26.8 Å². The van der Waals surface area contributed by atoms with Gasteiger partial charge >= 0.3 is 0 Å². The van der Waals surface area contributed by atoms with Crippen molar-refractivity contribution in [3.8, 4) is 11.5 Å². The smallest absolute Gasteiger partial charge is 0.234 e. The summed E-state index contributed by atoms with van der Waals surface area (Å²) in [6.45, 7) is 4.27. The largest absolute Gasteiger partial charge is 0.497 e. The van der Waals surface area contributed by atoms with Gasteiger partial charge in [0.15, 0.2) is 0 Å². The molecule has 162 valence electrons. The molecule has 4 rings (SSSR count). The van der Waals surface area contributed by atoms with Crippen LogP contribution in [0.25, 0.3) is 0 Å². The van der Waals surface area contributed by atoms with Crippen LogP contribution in [0.15, 0.2) is 66.9 Å². The zero-order chi connectivity index (χ0) is 21.8. The van der Waals surface area contributed by atoms with Gasteiger partial charge in [0.25, 0.3) is 0 Å². The van der Waals surface area contributed by atoms with Crippen LogP contribution in [0.1, 0.15) is 35.8 Å². The summed E-state index contributed by atoms with van der Waals surface area (Å²) in [4.78, 5) is 15.3. The van der Waals surface area contributed by atoms with Crippen molar-refractivity contribution in [2.75, 3.05) is 27.3 Å². The average molecular weight is 420 g/mol. The number of aromatic nitrogens is 1. The molecule has 3 aromatic rings. The molecule has 1 amide bonds. The lowest BCUT2D eigenvalue weighted by Crippen LogP contribution is -2.44. The summed E-state index contributed by atoms with van der Waals surface area (Å²) in [6, 6.07) is 19.8. The Kier molecular flexibility index (Phi) is 6.28. The van der Waals surface area contributed by atoms with Crippen LogP contribution in [0.5, 0.6) is 11.5 Å². The maximum Gasteiger partial charge on any atom is 0.234 e. The second-order valence-electron chi connectivity index (χ2n) is 7.82. The number of carbonyl (C=O) groups is 1. The van der Waals surface area contributed by atoms with E-state index >= 15 is 0 Å². The van der Waals surface area contributed by atoms with E-state index < -0.39 is 0 Å². The Labute approximate surface area is 183 Å². The Morgan fingerprint density at radius 1 is 0.968 bits per heavy atom. The van der Waals surface area contributed by atoms with Crippen molar-refractivity contribution < 1.29 is 14.3 Å². The number of ether oxygens (including phenoxy) is 2. The molecule has 31 heavy (non-hydrogen) atoms. The lowest BCUT2D eigenvalue weighted by atomic mass is 9.98. The summed E-state index contributed by atoms with van der Waals surface area (Å²) in [7, 11) is 3.29. The first-order valence-corrected chi connectivity index (χ1v) is 10.6. The van der Waals surface area contributed by atoms with E-state index in [1.165, 1.54) is 5.69 Å². The third kappa shape index (κ3) is 4.59. The molecule has 0 aliphatic carbocycles. The van der Waals surface area contributed by atoms with Crippen molar-refractivity contribution in [3.63, 3.8) is 0 Å². The van der Waals surface area contributed by atoms with Gasteiger partial charge in [0.2, 0.25) is 5.91 Å². The van der Waals surface area contributed by atoms with Gasteiger partial charge in [0, 0.05) is 31.0 Å². The topological polar surface area (TPSA) is 55.7 Å². The fraction of sp³-hybridized carbons (Fsp3) is 0.320. The summed E-state index contributed by atoms with van der Waals surface area (Å²) in [5.74, 6) is 1.57. The summed E-state index contributed by atoms with van der Waals surface area (Å²) in [5, 5.41) is 3.24. The van der Waals surface area contributed by atoms with Crippen LogP contribution in [-0.4, -0.2) is 42.7 Å². The fourth-order valence-corrected chi connectivity index (χ4v) is 4.19. The first kappa shape index (κ1) is 21.0. The van der Waals surface area contributed by atoms with Crippen LogP contribution in [-0.2, 0) is 11.3 Å². The highest BCUT2D eigenvalue weighted by Crippen LogP contribution is 2.27. The van der Waals surface area contributed by atoms with Crippen molar-refractivity contribution in [1.29, 1.82) is 0 Å². The van der Waals surface area contributed by atoms with E-state index in [9.17, 15) is 4.79 Å². The minimum absolute atomic E-state index is 0.00323. The quantitative estimate of drug-likeness (QED) is 0.633. The number of methoxy groups -OCH3 is 2. The number of nitrogens with one attached hydrogen (secondary N) is 1. The van der Waals surface area contributed by atoms with Crippen molar-refractivity contribution in [3.05, 3.63) is 83.7 Å². The van der Waals surface area contributed by atoms with E-state index in [2.05, 4.69) is 40.0 Å². The molecule has 1 unspecified atom stereocenters. The predicted molar refractivity (Wildman–Crippen MR) is 120 cm³/mol. The van der Waals surface area contributed by atoms with Crippen LogP contribution in [0.2, 0.25) is 0 Å². The molecule has 0 saturated heterocycles. The lowest BCUT2D eigenvalue weighted by molar-refractivity contribution is -0.123. The Morgan fingerprint density at radius 3 is 2.10 bits per heavy atom. The molecular formula is C25H29N3O3. The summed E-state index contributed by atoms with van der Waals surface area (Å²) in [5.41, 5.74) is 3.25. The van der Waals surface area contributed by atoms with E-state index in [1.807, 2.05) is 48.5 Å². The molecule has 0 spiro atoms. The number of fused-ring (bicyclic) bond motifs is 1. The van der Waals surface area contributed by atoms with E-state index in [-0.39, 0.29) is 18.0 Å². The standard InChI is InChI=1S/C25H29N3O3/c1-18-23-5-4-14-27(23)15-16-28(18)17-24(29)26-25(19-6-10-21(30-2)11-7-19)20-8-12-22(31-3)13-9-20/h4-14,18,25H,15-17H2,1-3H3,(H,26,29). The zero-order valence-electron chi connectivity index (χ0n) is 18.2. The monoisotopic (exact) mass is 419 g/mol. The van der Waals surface area contributed by atoms with Crippen molar-refractivity contribution >= 4 is 5.91 Å². The molecule has 0 bridgehead atoms. The number of amides is 1. The van der Waals surface area contributed by atoms with Crippen LogP contribution >= 0.6 is 0 Å². The number of rotatable bonds is 7. The minimum Gasteiger partial charge on any atom is -0.497 e. The number of hydrogen-bond donors (Lipinski definition) is 1. The number of carbonyl (C=O) groups excluding carboxylic acids is 1. The van der Waals surface area contributed by atoms with Gasteiger partial charge < -0.3 is 19.4 Å². The summed E-state index contributed by atoms with van der Waals surface area (Å²) < 4.78 is 12.8. The second-order valence-corrected chi connectivity index (χ2v) is 7.82. The third-order valence-electron chi connectivity index (χ3n) is 6.02. The molecule has 0 saturated carbocycles. The highest BCUT2D eigenvalue weighted by atomic mass is 16.5. The molecule has 6 nitrogen and oxygen atoms in total. The average Bonchev–Trinajstić information content (AvgIpc) is 3.29. The van der Waals surface area contributed by atoms with Crippen LogP contribution < -0.4 is 14.8 Å². The third-order valence-corrected chi connectivity index (χ3v) is 6.02. The van der Waals surface area contributed by atoms with Crippen LogP contribution in [0, 0.1) is 0 Å². The Hall–Kier alpha value is -3.25. The molecule has 2 aromatic carbocycles. The maximum atomic E-state index is 13.1. The maximum absolute atomic E-state index is 13.1. The van der Waals surface area contributed by atoms with Gasteiger partial charge in [0.1, 0.15) is 11.5 Å². The van der Waals surface area contributed by atoms with Gasteiger partial charge in [-0.2, -0.15) is 0 Å². The van der Waals surface area contributed by atoms with Crippen molar-refractivity contribution in [1.82, 2.24) is 14.8 Å². The van der Waals surface area contributed by atoms with Crippen molar-refractivity contribution in [2.45, 2.75) is 25.6 Å². The molecule has 1 atom stereocenters. The van der Waals surface area contributed by atoms with Crippen LogP contribution in [0.3, 0.4) is 0 Å². The number of nitrogens with zero attached hydrogens (tertiary/aromatic N) is 2. The number of hydrogen-bond acceptors (Lipinski definition) is 4. The molecule has 2 heterocycles. The van der Waals surface area contributed by atoms with Gasteiger partial charge in [-0.3, -0.25) is 9.69 Å². The molecule has 6 heteroatoms. The molecule has 1 aromatic heterocycles. The van der Waals surface area contributed by atoms with E-state index in [0.717, 1.165) is 35.7 Å². The van der Waals surface area contributed by atoms with Gasteiger partial charge in [-0.25, -0.2) is 0 Å². The first-order chi connectivity index (χ1) is 15.1. The van der Waals surface area contributed by atoms with Crippen molar-refractivity contribution in [2.24, 2.45) is 0 Å². The predicted octanol–water partition coefficient (Wildman–Crippen LogP) is 3.79. The van der Waals surface area contributed by atoms with Gasteiger partial charge in [-0.05, 0) is 54.4 Å². The Morgan fingerprint density at radius 2 is 1.55 bits per heavy atom. The molecule has 1 aliphatic heterocycles. The summed E-state index contributed by atoms with van der Waals surface area (Å²) >= 11 is 0. The minimum atomic E-state index is -0.256. The fourth-order valence-electron chi connectivity index (χ4n) is 4.19. The molecule has 0 radical (unpaired) electrons. The Bertz CT molecular complexity index is 964. The van der Waals surface area contributed by atoms with E-state index in [0.29, 0.717) is 6.54 Å². The normalized spacial score (nSPS) is 16.1. The molecular weight excluding hydrogens is 390 g/mol. The molecule has 1 N–H and O–H groups in total. The zero-order valence-corrected chi connectivity index (χ0v) is 18.2. The van der Waals surface area contributed by atoms with Crippen LogP contribution in [0.4, 0.5) is 0 Å². The molecule has 0 fully saturated rings. The van der Waals surface area contributed by atoms with E-state index in [1.54, 1.807) is 14.2 Å². The molecule has 1 aliphatic rings. The lowest BCUT2D eigenvalue weighted by Gasteiger charge is -2.34. The summed E-state index contributed by atoms with van der Waals surface area (Å²) in [6.07, 6.45) is 2.10.